The summed E-state index contributed by atoms with van der Waals surface area (Å²) < 4.78 is 79.5. The third-order valence-corrected chi connectivity index (χ3v) is 9.42. The quantitative estimate of drug-likeness (QED) is 0.0208. The van der Waals surface area contributed by atoms with Crippen molar-refractivity contribution in [1.82, 2.24) is 5.32 Å². The second kappa shape index (κ2) is 23.1. The first-order valence-electron chi connectivity index (χ1n) is 18.6. The van der Waals surface area contributed by atoms with Gasteiger partial charge in [-0.15, -0.1) is 0 Å². The first-order chi connectivity index (χ1) is 27.5. The molecule has 1 heterocycles. The van der Waals surface area contributed by atoms with Crippen molar-refractivity contribution in [2.45, 2.75) is 26.8 Å². The van der Waals surface area contributed by atoms with Gasteiger partial charge in [0.25, 0.3) is 16.0 Å². The Morgan fingerprint density at radius 3 is 1.77 bits per heavy atom. The van der Waals surface area contributed by atoms with Crippen LogP contribution < -0.4 is 29.8 Å². The number of carbonyl (C=O) groups excluding carboxylic acids is 2. The van der Waals surface area contributed by atoms with E-state index in [0.717, 1.165) is 0 Å². The second-order valence-corrected chi connectivity index (χ2v) is 14.5. The molecule has 0 aliphatic heterocycles. The fraction of sp³-hybridized carbons (Fsp3) is 0.475. The van der Waals surface area contributed by atoms with E-state index < -0.39 is 21.8 Å². The third kappa shape index (κ3) is 13.9. The molecule has 0 fully saturated rings. The van der Waals surface area contributed by atoms with Gasteiger partial charge in [-0.25, -0.2) is 4.79 Å². The van der Waals surface area contributed by atoms with E-state index in [4.69, 9.17) is 43.6 Å². The van der Waals surface area contributed by atoms with Gasteiger partial charge in [0.2, 0.25) is 11.0 Å². The maximum absolute atomic E-state index is 14.6. The summed E-state index contributed by atoms with van der Waals surface area (Å²) in [5, 5.41) is 3.74. The molecule has 1 amide bonds. The summed E-state index contributed by atoms with van der Waals surface area (Å²) in [6.45, 7) is 7.83. The average molecular weight is 817 g/mol. The molecule has 0 saturated heterocycles. The van der Waals surface area contributed by atoms with Gasteiger partial charge in [-0.05, 0) is 61.4 Å². The van der Waals surface area contributed by atoms with Crippen molar-refractivity contribution in [3.63, 3.8) is 0 Å². The number of ether oxygens (including phenoxy) is 8. The molecule has 3 aromatic carbocycles. The van der Waals surface area contributed by atoms with Gasteiger partial charge in [0.1, 0.15) is 30.5 Å². The van der Waals surface area contributed by atoms with Gasteiger partial charge in [0, 0.05) is 51.4 Å². The minimum atomic E-state index is -4.23. The van der Waals surface area contributed by atoms with E-state index in [2.05, 4.69) is 5.32 Å². The summed E-state index contributed by atoms with van der Waals surface area (Å²) in [5.74, 6) is -0.260. The lowest BCUT2D eigenvalue weighted by molar-refractivity contribution is -0.645. The van der Waals surface area contributed by atoms with E-state index in [-0.39, 0.29) is 43.4 Å². The molecule has 4 N–H and O–H groups in total. The van der Waals surface area contributed by atoms with E-state index in [1.54, 1.807) is 76.6 Å². The zero-order valence-corrected chi connectivity index (χ0v) is 33.8. The molecule has 0 bridgehead atoms. The highest BCUT2D eigenvalue weighted by molar-refractivity contribution is 7.85. The van der Waals surface area contributed by atoms with Crippen LogP contribution in [0.25, 0.3) is 21.8 Å². The van der Waals surface area contributed by atoms with E-state index in [1.165, 1.54) is 0 Å². The van der Waals surface area contributed by atoms with Gasteiger partial charge in [-0.2, -0.15) is 13.0 Å². The maximum atomic E-state index is 14.6. The summed E-state index contributed by atoms with van der Waals surface area (Å²) in [6.07, 6.45) is 0.0880. The van der Waals surface area contributed by atoms with E-state index in [1.807, 2.05) is 4.57 Å². The number of aryl methyl sites for hydroxylation is 3. The van der Waals surface area contributed by atoms with E-state index >= 15 is 0 Å². The Balaban J connectivity index is 1.78. The van der Waals surface area contributed by atoms with Crippen LogP contribution in [0.3, 0.4) is 0 Å². The molecule has 0 radical (unpaired) electrons. The summed E-state index contributed by atoms with van der Waals surface area (Å²) in [7, 11) is -1.06. The van der Waals surface area contributed by atoms with Gasteiger partial charge in [0.05, 0.1) is 74.9 Å². The Morgan fingerprint density at radius 1 is 0.737 bits per heavy atom. The number of benzene rings is 3. The Hall–Kier alpha value is -4.46. The second-order valence-electron chi connectivity index (χ2n) is 12.9. The number of hydrogen-bond donors (Lipinski definition) is 3. The first kappa shape index (κ1) is 45.2. The SMILES string of the molecule is COCCOCCOc1ccc2c(c1)c(C(=O)Oc1c(C)cc(C(=O)NCCOCCN)cc1C)c1cc(OCCOCCOC)ccc1[n+]2CCCS(=O)(=O)O. The molecular formula is C40H54N3O13S+. The van der Waals surface area contributed by atoms with Gasteiger partial charge < -0.3 is 48.9 Å². The standard InChI is InChI=1S/C40H53N3O13S/c1-28-24-30(39(44)42-11-14-51-13-10-41)25-29(2)38(28)56-40(45)37-33-26-31(54-21-19-52-17-15-49-3)6-8-35(33)43(12-5-23-57(46,47)48)36-9-7-32(27-34(36)37)55-22-20-53-18-16-50-4/h6-9,24-27H,5,10-23,41H2,1-4H3,(H-,42,44,46,47,48)/p+1. The van der Waals surface area contributed by atoms with Gasteiger partial charge in [0.15, 0.2) is 6.54 Å². The van der Waals surface area contributed by atoms with Crippen LogP contribution in [0.1, 0.15) is 38.3 Å². The molecule has 0 aliphatic carbocycles. The van der Waals surface area contributed by atoms with Crippen molar-refractivity contribution in [3.05, 3.63) is 70.8 Å². The van der Waals surface area contributed by atoms with Crippen LogP contribution >= 0.6 is 0 Å². The molecule has 1 aromatic heterocycles. The zero-order chi connectivity index (χ0) is 41.2. The average Bonchev–Trinajstić information content (AvgIpc) is 3.17. The molecule has 4 rings (SSSR count). The van der Waals surface area contributed by atoms with Gasteiger partial charge in [-0.3, -0.25) is 9.35 Å². The molecule has 0 aliphatic rings. The molecule has 0 saturated carbocycles. The number of pyridine rings is 1. The van der Waals surface area contributed by atoms with Crippen molar-refractivity contribution in [3.8, 4) is 17.2 Å². The monoisotopic (exact) mass is 816 g/mol. The van der Waals surface area contributed by atoms with Crippen molar-refractivity contribution < 1.29 is 65.0 Å². The number of methoxy groups -OCH3 is 2. The van der Waals surface area contributed by atoms with Crippen LogP contribution in [0.2, 0.25) is 0 Å². The van der Waals surface area contributed by atoms with Gasteiger partial charge >= 0.3 is 5.97 Å². The minimum absolute atomic E-state index is 0.0880. The number of carbonyl (C=O) groups is 2. The van der Waals surface area contributed by atoms with E-state index in [0.29, 0.717) is 116 Å². The minimum Gasteiger partial charge on any atom is -0.491 e. The molecule has 0 atom stereocenters. The third-order valence-electron chi connectivity index (χ3n) is 8.61. The number of amides is 1. The van der Waals surface area contributed by atoms with Gasteiger partial charge in [-0.1, -0.05) is 0 Å². The Labute approximate surface area is 333 Å². The predicted octanol–water partition coefficient (Wildman–Crippen LogP) is 3.18. The fourth-order valence-corrected chi connectivity index (χ4v) is 6.55. The molecule has 0 spiro atoms. The Bertz CT molecular complexity index is 1960. The van der Waals surface area contributed by atoms with Crippen LogP contribution in [0.4, 0.5) is 0 Å². The number of nitrogens with two attached hydrogens (primary N) is 1. The maximum Gasteiger partial charge on any atom is 0.345 e. The first-order valence-corrected chi connectivity index (χ1v) is 20.2. The summed E-state index contributed by atoms with van der Waals surface area (Å²) in [4.78, 5) is 27.5. The molecule has 17 heteroatoms. The predicted molar refractivity (Wildman–Crippen MR) is 212 cm³/mol. The normalized spacial score (nSPS) is 11.6. The highest BCUT2D eigenvalue weighted by atomic mass is 32.2. The van der Waals surface area contributed by atoms with Crippen LogP contribution in [0.15, 0.2) is 48.5 Å². The van der Waals surface area contributed by atoms with Crippen LogP contribution in [-0.2, 0) is 40.3 Å². The van der Waals surface area contributed by atoms with Crippen molar-refractivity contribution in [2.75, 3.05) is 99.1 Å². The zero-order valence-electron chi connectivity index (χ0n) is 33.0. The largest absolute Gasteiger partial charge is 0.491 e. The Kier molecular flexibility index (Phi) is 18.3. The number of rotatable bonds is 26. The molecule has 312 valence electrons. The summed E-state index contributed by atoms with van der Waals surface area (Å²) in [6, 6.07) is 13.8. The van der Waals surface area contributed by atoms with Crippen molar-refractivity contribution >= 4 is 43.8 Å². The summed E-state index contributed by atoms with van der Waals surface area (Å²) >= 11 is 0. The lowest BCUT2D eigenvalue weighted by Gasteiger charge is -2.16. The van der Waals surface area contributed by atoms with E-state index in [9.17, 15) is 22.6 Å². The molecule has 4 aromatic rings. The van der Waals surface area contributed by atoms with Crippen LogP contribution in [0, 0.1) is 13.8 Å². The topological polar surface area (TPSA) is 204 Å². The van der Waals surface area contributed by atoms with Crippen molar-refractivity contribution in [2.24, 2.45) is 5.73 Å². The molecule has 57 heavy (non-hydrogen) atoms. The molecular weight excluding hydrogens is 763 g/mol. The smallest absolute Gasteiger partial charge is 0.345 e. The Morgan fingerprint density at radius 2 is 1.26 bits per heavy atom. The molecule has 16 nitrogen and oxygen atoms in total. The highest BCUT2D eigenvalue weighted by Crippen LogP contribution is 2.33. The lowest BCUT2D eigenvalue weighted by atomic mass is 10.0. The lowest BCUT2D eigenvalue weighted by Crippen LogP contribution is -2.37. The number of hydrogen-bond acceptors (Lipinski definition) is 13. The van der Waals surface area contributed by atoms with Crippen LogP contribution in [0.5, 0.6) is 17.2 Å². The van der Waals surface area contributed by atoms with Crippen molar-refractivity contribution in [1.29, 1.82) is 0 Å². The summed E-state index contributed by atoms with van der Waals surface area (Å²) in [5.41, 5.74) is 8.35. The number of aromatic nitrogens is 1. The van der Waals surface area contributed by atoms with Crippen LogP contribution in [-0.4, -0.2) is 124 Å². The number of nitrogens with zero attached hydrogens (tertiary/aromatic N) is 1. The number of esters is 1. The highest BCUT2D eigenvalue weighted by Gasteiger charge is 2.28. The number of fused-ring (bicyclic) bond motifs is 2. The fourth-order valence-electron chi connectivity index (χ4n) is 6.06. The number of nitrogens with one attached hydrogen (secondary N) is 1. The molecule has 0 unspecified atom stereocenters.